The van der Waals surface area contributed by atoms with Crippen LogP contribution in [0.4, 0.5) is 0 Å². The molecule has 0 amide bonds. The van der Waals surface area contributed by atoms with Gasteiger partial charge in [0.15, 0.2) is 0 Å². The molecule has 3 rings (SSSR count). The first-order valence-corrected chi connectivity index (χ1v) is 5.96. The third-order valence-electron chi connectivity index (χ3n) is 3.51. The van der Waals surface area contributed by atoms with Crippen LogP contribution in [0.15, 0.2) is 22.7 Å². The summed E-state index contributed by atoms with van der Waals surface area (Å²) >= 11 is 3.55. The van der Waals surface area contributed by atoms with Crippen LogP contribution in [-0.4, -0.2) is 18.5 Å². The minimum Gasteiger partial charge on any atom is -0.301 e. The molecule has 1 saturated carbocycles. The van der Waals surface area contributed by atoms with Crippen LogP contribution in [0.25, 0.3) is 0 Å². The van der Waals surface area contributed by atoms with Crippen molar-refractivity contribution >= 4 is 15.9 Å². The topological polar surface area (TPSA) is 3.24 Å². The predicted octanol–water partition coefficient (Wildman–Crippen LogP) is 2.93. The smallest absolute Gasteiger partial charge is 0.0234 e. The number of nitrogens with zero attached hydrogens (tertiary/aromatic N) is 1. The van der Waals surface area contributed by atoms with Gasteiger partial charge in [-0.05, 0) is 43.1 Å². The lowest BCUT2D eigenvalue weighted by Crippen LogP contribution is -2.35. The summed E-state index contributed by atoms with van der Waals surface area (Å²) in [5, 5.41) is 0. The zero-order valence-corrected chi connectivity index (χ0v) is 9.97. The Hall–Kier alpha value is -0.340. The number of likely N-dealkylation sites (N-methyl/N-ethyl adjacent to an activating group) is 1. The Morgan fingerprint density at radius 3 is 2.86 bits per heavy atom. The van der Waals surface area contributed by atoms with Crippen LogP contribution in [0.1, 0.15) is 24.0 Å². The van der Waals surface area contributed by atoms with E-state index in [1.165, 1.54) is 29.4 Å². The van der Waals surface area contributed by atoms with Gasteiger partial charge in [0, 0.05) is 23.0 Å². The highest BCUT2D eigenvalue weighted by molar-refractivity contribution is 9.10. The van der Waals surface area contributed by atoms with E-state index >= 15 is 0 Å². The summed E-state index contributed by atoms with van der Waals surface area (Å²) in [4.78, 5) is 2.45. The van der Waals surface area contributed by atoms with Crippen LogP contribution in [-0.2, 0) is 12.0 Å². The molecular formula is C12H14BrN. The maximum atomic E-state index is 3.55. The van der Waals surface area contributed by atoms with Gasteiger partial charge >= 0.3 is 0 Å². The molecule has 0 N–H and O–H groups in total. The van der Waals surface area contributed by atoms with Crippen LogP contribution >= 0.6 is 15.9 Å². The Labute approximate surface area is 93.2 Å². The largest absolute Gasteiger partial charge is 0.301 e. The summed E-state index contributed by atoms with van der Waals surface area (Å²) in [5.41, 5.74) is 3.66. The van der Waals surface area contributed by atoms with Crippen LogP contribution in [0.3, 0.4) is 0 Å². The van der Waals surface area contributed by atoms with Crippen molar-refractivity contribution in [1.82, 2.24) is 4.90 Å². The Bertz CT molecular complexity index is 382. The molecule has 0 unspecified atom stereocenters. The summed E-state index contributed by atoms with van der Waals surface area (Å²) in [6, 6.07) is 6.79. The first-order chi connectivity index (χ1) is 6.70. The quantitative estimate of drug-likeness (QED) is 0.686. The second kappa shape index (κ2) is 2.83. The van der Waals surface area contributed by atoms with Crippen LogP contribution < -0.4 is 0 Å². The third-order valence-corrected chi connectivity index (χ3v) is 4.00. The minimum absolute atomic E-state index is 0.531. The van der Waals surface area contributed by atoms with Crippen molar-refractivity contribution in [3.63, 3.8) is 0 Å². The van der Waals surface area contributed by atoms with E-state index in [1.807, 2.05) is 0 Å². The summed E-state index contributed by atoms with van der Waals surface area (Å²) in [6.07, 6.45) is 2.76. The number of fused-ring (bicyclic) bond motifs is 2. The molecule has 14 heavy (non-hydrogen) atoms. The molecule has 1 fully saturated rings. The second-order valence-corrected chi connectivity index (χ2v) is 5.67. The lowest BCUT2D eigenvalue weighted by molar-refractivity contribution is 0.271. The van der Waals surface area contributed by atoms with Crippen molar-refractivity contribution in [3.05, 3.63) is 33.8 Å². The zero-order chi connectivity index (χ0) is 9.76. The van der Waals surface area contributed by atoms with Gasteiger partial charge in [-0.2, -0.15) is 0 Å². The Morgan fingerprint density at radius 1 is 1.36 bits per heavy atom. The first kappa shape index (κ1) is 8.93. The Morgan fingerprint density at radius 2 is 2.14 bits per heavy atom. The average molecular weight is 252 g/mol. The molecule has 1 aliphatic heterocycles. The fourth-order valence-corrected chi connectivity index (χ4v) is 3.15. The number of hydrogen-bond donors (Lipinski definition) is 0. The van der Waals surface area contributed by atoms with E-state index in [9.17, 15) is 0 Å². The fraction of sp³-hybridized carbons (Fsp3) is 0.500. The van der Waals surface area contributed by atoms with Crippen molar-refractivity contribution in [1.29, 1.82) is 0 Å². The van der Waals surface area contributed by atoms with Crippen molar-refractivity contribution < 1.29 is 0 Å². The van der Waals surface area contributed by atoms with Gasteiger partial charge in [0.1, 0.15) is 0 Å². The molecule has 0 radical (unpaired) electrons. The molecule has 1 heterocycles. The molecule has 0 aromatic heterocycles. The van der Waals surface area contributed by atoms with Gasteiger partial charge < -0.3 is 4.90 Å². The monoisotopic (exact) mass is 251 g/mol. The highest BCUT2D eigenvalue weighted by Gasteiger charge is 2.48. The van der Waals surface area contributed by atoms with Gasteiger partial charge in [0.25, 0.3) is 0 Å². The Balaban J connectivity index is 2.12. The molecule has 2 aliphatic rings. The van der Waals surface area contributed by atoms with E-state index in [-0.39, 0.29) is 0 Å². The lowest BCUT2D eigenvalue weighted by Gasteiger charge is -2.32. The number of halogens is 1. The third kappa shape index (κ3) is 1.24. The van der Waals surface area contributed by atoms with Gasteiger partial charge in [0.05, 0.1) is 0 Å². The van der Waals surface area contributed by atoms with E-state index in [0.717, 1.165) is 6.54 Å². The van der Waals surface area contributed by atoms with Gasteiger partial charge in [-0.1, -0.05) is 22.0 Å². The molecule has 0 bridgehead atoms. The van der Waals surface area contributed by atoms with E-state index in [2.05, 4.69) is 46.1 Å². The molecule has 1 aromatic rings. The summed E-state index contributed by atoms with van der Waals surface area (Å²) in [5.74, 6) is 0. The zero-order valence-electron chi connectivity index (χ0n) is 8.39. The molecule has 1 aromatic carbocycles. The van der Waals surface area contributed by atoms with E-state index in [4.69, 9.17) is 0 Å². The summed E-state index contributed by atoms with van der Waals surface area (Å²) in [7, 11) is 2.23. The lowest BCUT2D eigenvalue weighted by atomic mass is 9.87. The molecular weight excluding hydrogens is 238 g/mol. The van der Waals surface area contributed by atoms with Crippen LogP contribution in [0.5, 0.6) is 0 Å². The normalized spacial score (nSPS) is 23.6. The van der Waals surface area contributed by atoms with E-state index in [1.54, 1.807) is 5.56 Å². The van der Waals surface area contributed by atoms with Crippen molar-refractivity contribution in [3.8, 4) is 0 Å². The number of rotatable bonds is 0. The Kier molecular flexibility index (Phi) is 1.80. The molecule has 1 spiro atoms. The minimum atomic E-state index is 0.531. The SMILES string of the molecule is CN1Cc2cc(Br)ccc2C2(CC2)C1. The van der Waals surface area contributed by atoms with Gasteiger partial charge in [0.2, 0.25) is 0 Å². The molecule has 1 nitrogen and oxygen atoms in total. The van der Waals surface area contributed by atoms with E-state index in [0.29, 0.717) is 5.41 Å². The number of hydrogen-bond acceptors (Lipinski definition) is 1. The van der Waals surface area contributed by atoms with Gasteiger partial charge in [-0.25, -0.2) is 0 Å². The highest BCUT2D eigenvalue weighted by Crippen LogP contribution is 2.52. The highest BCUT2D eigenvalue weighted by atomic mass is 79.9. The second-order valence-electron chi connectivity index (χ2n) is 4.75. The molecule has 74 valence electrons. The predicted molar refractivity (Wildman–Crippen MR) is 61.4 cm³/mol. The van der Waals surface area contributed by atoms with Crippen LogP contribution in [0, 0.1) is 0 Å². The van der Waals surface area contributed by atoms with Crippen molar-refractivity contribution in [2.24, 2.45) is 0 Å². The molecule has 0 atom stereocenters. The first-order valence-electron chi connectivity index (χ1n) is 5.17. The average Bonchev–Trinajstić information content (AvgIpc) is 2.84. The van der Waals surface area contributed by atoms with Gasteiger partial charge in [-0.3, -0.25) is 0 Å². The van der Waals surface area contributed by atoms with Crippen molar-refractivity contribution in [2.45, 2.75) is 24.8 Å². The standard InChI is InChI=1S/C12H14BrN/c1-14-7-9-6-10(13)2-3-11(9)12(8-14)4-5-12/h2-3,6H,4-5,7-8H2,1H3. The maximum absolute atomic E-state index is 3.55. The maximum Gasteiger partial charge on any atom is 0.0234 e. The van der Waals surface area contributed by atoms with Crippen LogP contribution in [0.2, 0.25) is 0 Å². The molecule has 1 aliphatic carbocycles. The van der Waals surface area contributed by atoms with Gasteiger partial charge in [-0.15, -0.1) is 0 Å². The number of benzene rings is 1. The van der Waals surface area contributed by atoms with Crippen molar-refractivity contribution in [2.75, 3.05) is 13.6 Å². The molecule has 2 heteroatoms. The molecule has 0 saturated heterocycles. The summed E-state index contributed by atoms with van der Waals surface area (Å²) < 4.78 is 1.21. The summed E-state index contributed by atoms with van der Waals surface area (Å²) in [6.45, 7) is 2.36. The van der Waals surface area contributed by atoms with E-state index < -0.39 is 0 Å². The fourth-order valence-electron chi connectivity index (χ4n) is 2.74.